The lowest BCUT2D eigenvalue weighted by Gasteiger charge is -2.41. The Balaban J connectivity index is 1.66. The summed E-state index contributed by atoms with van der Waals surface area (Å²) in [5.41, 5.74) is 7.13. The molecule has 2 aromatic rings. The molecule has 1 aliphatic heterocycles. The third-order valence-corrected chi connectivity index (χ3v) is 6.95. The van der Waals surface area contributed by atoms with E-state index < -0.39 is 6.10 Å². The van der Waals surface area contributed by atoms with Gasteiger partial charge in [-0.15, -0.1) is 11.8 Å². The van der Waals surface area contributed by atoms with Crippen molar-refractivity contribution in [2.45, 2.75) is 73.9 Å². The second kappa shape index (κ2) is 11.3. The van der Waals surface area contributed by atoms with Crippen LogP contribution < -0.4 is 11.1 Å². The Morgan fingerprint density at radius 3 is 2.59 bits per heavy atom. The van der Waals surface area contributed by atoms with E-state index in [-0.39, 0.29) is 23.5 Å². The Kier molecular flexibility index (Phi) is 8.71. The number of nitrogens with one attached hydrogen (secondary N) is 1. The second-order valence-corrected chi connectivity index (χ2v) is 11.0. The first kappa shape index (κ1) is 24.7. The molecule has 1 saturated heterocycles. The molecule has 0 bridgehead atoms. The zero-order chi connectivity index (χ0) is 23.1. The average molecular weight is 457 g/mol. The normalized spacial score (nSPS) is 21.7. The van der Waals surface area contributed by atoms with Crippen molar-refractivity contribution < 1.29 is 9.90 Å². The topological polar surface area (TPSA) is 91.5 Å². The molecule has 0 aliphatic carbocycles. The molecule has 3 rings (SSSR count). The molecule has 0 saturated carbocycles. The van der Waals surface area contributed by atoms with Crippen LogP contribution in [0.15, 0.2) is 59.8 Å². The molecule has 4 N–H and O–H groups in total. The van der Waals surface area contributed by atoms with Crippen LogP contribution in [0.5, 0.6) is 0 Å². The summed E-state index contributed by atoms with van der Waals surface area (Å²) in [5.74, 6) is 0.0151. The van der Waals surface area contributed by atoms with E-state index in [1.54, 1.807) is 24.2 Å². The number of piperidine rings is 1. The number of aliphatic hydroxyl groups is 1. The lowest BCUT2D eigenvalue weighted by molar-refractivity contribution is -0.129. The van der Waals surface area contributed by atoms with Gasteiger partial charge in [-0.05, 0) is 57.7 Å². The van der Waals surface area contributed by atoms with Gasteiger partial charge in [-0.1, -0.05) is 30.3 Å². The number of aromatic nitrogens is 1. The fourth-order valence-electron chi connectivity index (χ4n) is 4.04. The molecule has 1 amide bonds. The van der Waals surface area contributed by atoms with Gasteiger partial charge in [0.1, 0.15) is 0 Å². The van der Waals surface area contributed by atoms with Crippen LogP contribution in [0.3, 0.4) is 0 Å². The Hall–Kier alpha value is -1.93. The predicted molar refractivity (Wildman–Crippen MR) is 131 cm³/mol. The fraction of sp³-hybridized carbons (Fsp3) is 0.520. The van der Waals surface area contributed by atoms with E-state index in [2.05, 4.69) is 15.2 Å². The van der Waals surface area contributed by atoms with Gasteiger partial charge < -0.3 is 16.2 Å². The van der Waals surface area contributed by atoms with Gasteiger partial charge in [0.25, 0.3) is 0 Å². The molecule has 1 fully saturated rings. The smallest absolute Gasteiger partial charge is 0.237 e. The lowest BCUT2D eigenvalue weighted by atomic mass is 9.96. The molecule has 0 spiro atoms. The van der Waals surface area contributed by atoms with Crippen LogP contribution in [0.1, 0.15) is 39.2 Å². The van der Waals surface area contributed by atoms with Gasteiger partial charge in [0.2, 0.25) is 5.91 Å². The van der Waals surface area contributed by atoms with Crippen molar-refractivity contribution in [2.75, 3.05) is 13.1 Å². The number of benzene rings is 1. The minimum Gasteiger partial charge on any atom is -0.390 e. The van der Waals surface area contributed by atoms with Crippen molar-refractivity contribution in [1.82, 2.24) is 15.2 Å². The van der Waals surface area contributed by atoms with Crippen LogP contribution in [0, 0.1) is 0 Å². The van der Waals surface area contributed by atoms with Crippen molar-refractivity contribution >= 4 is 17.7 Å². The number of hydrogen-bond donors (Lipinski definition) is 3. The van der Waals surface area contributed by atoms with E-state index >= 15 is 0 Å². The van der Waals surface area contributed by atoms with Crippen molar-refractivity contribution in [1.29, 1.82) is 0 Å². The first-order valence-corrected chi connectivity index (χ1v) is 12.2. The molecule has 174 valence electrons. The number of amides is 1. The Morgan fingerprint density at radius 1 is 1.25 bits per heavy atom. The molecule has 32 heavy (non-hydrogen) atoms. The summed E-state index contributed by atoms with van der Waals surface area (Å²) in [6, 6.07) is 13.3. The van der Waals surface area contributed by atoms with E-state index in [0.29, 0.717) is 18.2 Å². The highest BCUT2D eigenvalue weighted by Gasteiger charge is 2.36. The van der Waals surface area contributed by atoms with Gasteiger partial charge >= 0.3 is 0 Å². The number of likely N-dealkylation sites (tertiary alicyclic amines) is 1. The second-order valence-electron chi connectivity index (χ2n) is 9.62. The molecule has 0 radical (unpaired) electrons. The largest absolute Gasteiger partial charge is 0.390 e. The van der Waals surface area contributed by atoms with Crippen molar-refractivity contribution in [3.8, 4) is 0 Å². The molecule has 2 heterocycles. The van der Waals surface area contributed by atoms with Crippen LogP contribution in [0.2, 0.25) is 0 Å². The fourth-order valence-corrected chi connectivity index (χ4v) is 5.21. The first-order valence-electron chi connectivity index (χ1n) is 11.3. The number of pyridine rings is 1. The molecule has 7 heteroatoms. The Morgan fingerprint density at radius 2 is 1.94 bits per heavy atom. The van der Waals surface area contributed by atoms with Gasteiger partial charge in [0.15, 0.2) is 0 Å². The summed E-state index contributed by atoms with van der Waals surface area (Å²) < 4.78 is 0. The van der Waals surface area contributed by atoms with Crippen LogP contribution in [-0.2, 0) is 11.2 Å². The maximum absolute atomic E-state index is 13.2. The van der Waals surface area contributed by atoms with Gasteiger partial charge in [-0.3, -0.25) is 14.7 Å². The molecule has 4 atom stereocenters. The number of nitrogens with zero attached hydrogens (tertiary/aromatic N) is 2. The SMILES string of the molecule is CC(C)(C)NC(=O)[C@@H]1C[C@H](Sc2ccncc2)CCN1C[C@@H](O)C(N)Cc1ccccc1. The highest BCUT2D eigenvalue weighted by atomic mass is 32.2. The van der Waals surface area contributed by atoms with Crippen molar-refractivity contribution in [3.63, 3.8) is 0 Å². The van der Waals surface area contributed by atoms with E-state index in [4.69, 9.17) is 5.73 Å². The third kappa shape index (κ3) is 7.59. The average Bonchev–Trinajstić information content (AvgIpc) is 2.75. The van der Waals surface area contributed by atoms with Crippen LogP contribution >= 0.6 is 11.8 Å². The summed E-state index contributed by atoms with van der Waals surface area (Å²) >= 11 is 1.80. The number of aliphatic hydroxyl groups excluding tert-OH is 1. The van der Waals surface area contributed by atoms with Crippen LogP contribution in [-0.4, -0.2) is 63.0 Å². The number of carbonyl (C=O) groups excluding carboxylic acids is 1. The summed E-state index contributed by atoms with van der Waals surface area (Å²) in [5, 5.41) is 14.3. The molecular weight excluding hydrogens is 420 g/mol. The number of hydrogen-bond acceptors (Lipinski definition) is 6. The summed E-state index contributed by atoms with van der Waals surface area (Å²) in [6.07, 6.45) is 5.18. The highest BCUT2D eigenvalue weighted by molar-refractivity contribution is 8.00. The summed E-state index contributed by atoms with van der Waals surface area (Å²) in [4.78, 5) is 20.5. The molecule has 1 aromatic carbocycles. The Labute approximate surface area is 196 Å². The molecule has 1 unspecified atom stereocenters. The van der Waals surface area contributed by atoms with E-state index in [1.165, 1.54) is 4.90 Å². The zero-order valence-corrected chi connectivity index (χ0v) is 20.1. The maximum Gasteiger partial charge on any atom is 0.237 e. The lowest BCUT2D eigenvalue weighted by Crippen LogP contribution is -2.58. The standard InChI is InChI=1S/C25H36N4O2S/c1-25(2,3)28-24(31)22-16-20(32-19-9-12-27-13-10-19)11-14-29(22)17-23(30)21(26)15-18-7-5-4-6-8-18/h4-10,12-13,20-23,30H,11,14-17,26H2,1-3H3,(H,28,31)/t20-,21?,22+,23-/m1/s1. The number of β-amino-alcohol motifs (C(OH)–C–C–N with tert-alkyl or cyclic N) is 1. The molecule has 6 nitrogen and oxygen atoms in total. The van der Waals surface area contributed by atoms with E-state index in [0.717, 1.165) is 24.9 Å². The van der Waals surface area contributed by atoms with Gasteiger partial charge in [-0.2, -0.15) is 0 Å². The summed E-state index contributed by atoms with van der Waals surface area (Å²) in [6.45, 7) is 7.12. The van der Waals surface area contributed by atoms with Crippen molar-refractivity contribution in [2.24, 2.45) is 5.73 Å². The Bertz CT molecular complexity index is 844. The van der Waals surface area contributed by atoms with Gasteiger partial charge in [-0.25, -0.2) is 0 Å². The molecular formula is C25H36N4O2S. The molecule has 1 aromatic heterocycles. The maximum atomic E-state index is 13.2. The number of nitrogens with two attached hydrogens (primary N) is 1. The number of thioether (sulfide) groups is 1. The first-order chi connectivity index (χ1) is 15.2. The third-order valence-electron chi connectivity index (χ3n) is 5.65. The minimum atomic E-state index is -0.704. The quantitative estimate of drug-likeness (QED) is 0.566. The number of rotatable bonds is 8. The monoisotopic (exact) mass is 456 g/mol. The summed E-state index contributed by atoms with van der Waals surface area (Å²) in [7, 11) is 0. The van der Waals surface area contributed by atoms with Gasteiger partial charge in [0, 0.05) is 47.2 Å². The highest BCUT2D eigenvalue weighted by Crippen LogP contribution is 2.33. The minimum absolute atomic E-state index is 0.0151. The van der Waals surface area contributed by atoms with Crippen LogP contribution in [0.4, 0.5) is 0 Å². The zero-order valence-electron chi connectivity index (χ0n) is 19.3. The predicted octanol–water partition coefficient (Wildman–Crippen LogP) is 2.85. The van der Waals surface area contributed by atoms with Crippen molar-refractivity contribution in [3.05, 3.63) is 60.4 Å². The molecule has 1 aliphatic rings. The van der Waals surface area contributed by atoms with Gasteiger partial charge in [0.05, 0.1) is 12.1 Å². The number of carbonyl (C=O) groups is 1. The van der Waals surface area contributed by atoms with E-state index in [1.807, 2.05) is 63.2 Å². The van der Waals surface area contributed by atoms with E-state index in [9.17, 15) is 9.90 Å². The van der Waals surface area contributed by atoms with Crippen LogP contribution in [0.25, 0.3) is 0 Å².